The highest BCUT2D eigenvalue weighted by Crippen LogP contribution is 2.30. The molecule has 3 aromatic heterocycles. The van der Waals surface area contributed by atoms with E-state index in [0.29, 0.717) is 27.9 Å². The van der Waals surface area contributed by atoms with Crippen LogP contribution in [0.3, 0.4) is 0 Å². The number of ether oxygens (including phenoxy) is 1. The van der Waals surface area contributed by atoms with E-state index in [1.165, 1.54) is 13.3 Å². The van der Waals surface area contributed by atoms with Gasteiger partial charge >= 0.3 is 5.97 Å². The number of esters is 1. The van der Waals surface area contributed by atoms with Crippen molar-refractivity contribution in [1.29, 1.82) is 0 Å². The molecule has 5 rings (SSSR count). The van der Waals surface area contributed by atoms with E-state index in [1.54, 1.807) is 12.2 Å². The predicted octanol–water partition coefficient (Wildman–Crippen LogP) is 4.80. The third-order valence-electron chi connectivity index (χ3n) is 5.16. The van der Waals surface area contributed by atoms with E-state index in [4.69, 9.17) is 13.8 Å². The molecule has 0 fully saturated rings. The summed E-state index contributed by atoms with van der Waals surface area (Å²) in [7, 11) is 1.29. The van der Waals surface area contributed by atoms with Crippen LogP contribution in [0.25, 0.3) is 45.6 Å². The second-order valence-corrected chi connectivity index (χ2v) is 7.14. The Hall–Kier alpha value is -4.72. The second kappa shape index (κ2) is 8.43. The molecule has 0 radical (unpaired) electrons. The summed E-state index contributed by atoms with van der Waals surface area (Å²) in [6.07, 6.45) is 4.73. The molecule has 2 aromatic carbocycles. The molecule has 162 valence electrons. The fraction of sp³-hybridized carbons (Fsp3) is 0.0400. The van der Waals surface area contributed by atoms with E-state index in [2.05, 4.69) is 15.3 Å². The lowest BCUT2D eigenvalue weighted by Crippen LogP contribution is -2.05. The SMILES string of the molecule is COC(=O)c1c(-c2ccccc2)noc1/C=C/c1c[nH]c(=O)c2c(-c3ccccc3)noc12. The van der Waals surface area contributed by atoms with E-state index in [0.717, 1.165) is 11.1 Å². The molecule has 5 aromatic rings. The van der Waals surface area contributed by atoms with Gasteiger partial charge in [0.25, 0.3) is 5.56 Å². The molecular formula is C25H17N3O5. The summed E-state index contributed by atoms with van der Waals surface area (Å²) >= 11 is 0. The minimum atomic E-state index is -0.576. The number of hydrogen-bond acceptors (Lipinski definition) is 7. The van der Waals surface area contributed by atoms with Gasteiger partial charge in [0.1, 0.15) is 22.3 Å². The van der Waals surface area contributed by atoms with Crippen LogP contribution in [0.2, 0.25) is 0 Å². The number of carbonyl (C=O) groups excluding carboxylic acids is 1. The Morgan fingerprint density at radius 3 is 2.21 bits per heavy atom. The monoisotopic (exact) mass is 439 g/mol. The van der Waals surface area contributed by atoms with Crippen LogP contribution < -0.4 is 5.56 Å². The summed E-state index contributed by atoms with van der Waals surface area (Å²) < 4.78 is 15.9. The Bertz CT molecular complexity index is 1530. The summed E-state index contributed by atoms with van der Waals surface area (Å²) in [4.78, 5) is 27.7. The lowest BCUT2D eigenvalue weighted by molar-refractivity contribution is 0.0600. The van der Waals surface area contributed by atoms with Crippen LogP contribution in [-0.2, 0) is 4.74 Å². The number of H-pyrrole nitrogens is 1. The fourth-order valence-corrected chi connectivity index (χ4v) is 3.57. The normalized spacial score (nSPS) is 11.3. The standard InChI is InChI=1S/C25H17N3O5/c1-31-25(30)19-18(32-27-21(19)15-8-4-2-5-9-15)13-12-17-14-26-24(29)20-22(28-33-23(17)20)16-10-6-3-7-11-16/h2-14H,1H3,(H,26,29)/b13-12+. The Morgan fingerprint density at radius 2 is 1.55 bits per heavy atom. The van der Waals surface area contributed by atoms with Crippen molar-refractivity contribution in [2.75, 3.05) is 7.11 Å². The summed E-state index contributed by atoms with van der Waals surface area (Å²) in [5.74, 6) is -0.366. The third kappa shape index (κ3) is 3.63. The number of rotatable bonds is 5. The van der Waals surface area contributed by atoms with Crippen LogP contribution in [0, 0.1) is 0 Å². The maximum absolute atomic E-state index is 12.5. The molecule has 0 unspecified atom stereocenters. The average Bonchev–Trinajstić information content (AvgIpc) is 3.50. The molecular weight excluding hydrogens is 422 g/mol. The Kier molecular flexibility index (Phi) is 5.16. The second-order valence-electron chi connectivity index (χ2n) is 7.14. The number of nitrogens with one attached hydrogen (secondary N) is 1. The minimum Gasteiger partial charge on any atom is -0.465 e. The van der Waals surface area contributed by atoms with Crippen molar-refractivity contribution in [2.24, 2.45) is 0 Å². The largest absolute Gasteiger partial charge is 0.465 e. The van der Waals surface area contributed by atoms with Crippen molar-refractivity contribution in [3.8, 4) is 22.5 Å². The van der Waals surface area contributed by atoms with E-state index in [9.17, 15) is 9.59 Å². The van der Waals surface area contributed by atoms with Crippen LogP contribution in [-0.4, -0.2) is 28.4 Å². The Labute approximate surface area is 187 Å². The van der Waals surface area contributed by atoms with Crippen molar-refractivity contribution in [3.05, 3.63) is 94.1 Å². The highest BCUT2D eigenvalue weighted by molar-refractivity contribution is 6.01. The van der Waals surface area contributed by atoms with Gasteiger partial charge < -0.3 is 18.8 Å². The maximum Gasteiger partial charge on any atom is 0.344 e. The predicted molar refractivity (Wildman–Crippen MR) is 122 cm³/mol. The molecule has 1 N–H and O–H groups in total. The number of hydrogen-bond donors (Lipinski definition) is 1. The van der Waals surface area contributed by atoms with Crippen LogP contribution in [0.5, 0.6) is 0 Å². The number of nitrogens with zero attached hydrogens (tertiary/aromatic N) is 2. The first-order valence-corrected chi connectivity index (χ1v) is 10.1. The smallest absolute Gasteiger partial charge is 0.344 e. The molecule has 0 atom stereocenters. The topological polar surface area (TPSA) is 111 Å². The van der Waals surface area contributed by atoms with Crippen molar-refractivity contribution in [3.63, 3.8) is 0 Å². The zero-order valence-corrected chi connectivity index (χ0v) is 17.4. The summed E-state index contributed by atoms with van der Waals surface area (Å²) in [5.41, 5.74) is 3.05. The van der Waals surface area contributed by atoms with Crippen LogP contribution in [0.1, 0.15) is 21.7 Å². The van der Waals surface area contributed by atoms with Gasteiger partial charge in [0.2, 0.25) is 0 Å². The molecule has 0 bridgehead atoms. The first-order chi connectivity index (χ1) is 16.2. The zero-order valence-electron chi connectivity index (χ0n) is 17.4. The number of pyridine rings is 1. The van der Waals surface area contributed by atoms with E-state index >= 15 is 0 Å². The molecule has 0 spiro atoms. The number of aromatic amines is 1. The van der Waals surface area contributed by atoms with Crippen LogP contribution in [0.15, 0.2) is 80.7 Å². The van der Waals surface area contributed by atoms with Crippen molar-refractivity contribution in [1.82, 2.24) is 15.3 Å². The summed E-state index contributed by atoms with van der Waals surface area (Å²) in [5, 5.41) is 8.51. The highest BCUT2D eigenvalue weighted by atomic mass is 16.5. The van der Waals surface area contributed by atoms with Gasteiger partial charge in [0.05, 0.1) is 7.11 Å². The maximum atomic E-state index is 12.5. The summed E-state index contributed by atoms with van der Waals surface area (Å²) in [6, 6.07) is 18.5. The first-order valence-electron chi connectivity index (χ1n) is 10.1. The lowest BCUT2D eigenvalue weighted by Gasteiger charge is -2.00. The van der Waals surface area contributed by atoms with Crippen LogP contribution >= 0.6 is 0 Å². The molecule has 8 nitrogen and oxygen atoms in total. The van der Waals surface area contributed by atoms with Gasteiger partial charge in [-0.3, -0.25) is 4.79 Å². The van der Waals surface area contributed by atoms with Crippen molar-refractivity contribution in [2.45, 2.75) is 0 Å². The Balaban J connectivity index is 1.60. The average molecular weight is 439 g/mol. The molecule has 0 amide bonds. The molecule has 33 heavy (non-hydrogen) atoms. The molecule has 0 saturated heterocycles. The molecule has 0 aliphatic rings. The zero-order chi connectivity index (χ0) is 22.8. The number of aromatic nitrogens is 3. The molecule has 8 heteroatoms. The van der Waals surface area contributed by atoms with E-state index in [1.807, 2.05) is 60.7 Å². The van der Waals surface area contributed by atoms with Gasteiger partial charge in [-0.05, 0) is 12.2 Å². The van der Waals surface area contributed by atoms with Gasteiger partial charge in [-0.1, -0.05) is 71.0 Å². The number of carbonyl (C=O) groups is 1. The van der Waals surface area contributed by atoms with Gasteiger partial charge in [-0.25, -0.2) is 4.79 Å². The highest BCUT2D eigenvalue weighted by Gasteiger charge is 2.23. The van der Waals surface area contributed by atoms with Crippen molar-refractivity contribution >= 4 is 29.1 Å². The van der Waals surface area contributed by atoms with Crippen LogP contribution in [0.4, 0.5) is 0 Å². The van der Waals surface area contributed by atoms with Gasteiger partial charge in [-0.2, -0.15) is 0 Å². The molecule has 0 aliphatic heterocycles. The first kappa shape index (κ1) is 20.2. The fourth-order valence-electron chi connectivity index (χ4n) is 3.57. The minimum absolute atomic E-state index is 0.197. The quantitative estimate of drug-likeness (QED) is 0.392. The molecule has 0 saturated carbocycles. The Morgan fingerprint density at radius 1 is 0.909 bits per heavy atom. The number of methoxy groups -OCH3 is 1. The van der Waals surface area contributed by atoms with Crippen molar-refractivity contribution < 1.29 is 18.6 Å². The van der Waals surface area contributed by atoms with Gasteiger partial charge in [0.15, 0.2) is 11.3 Å². The molecule has 3 heterocycles. The van der Waals surface area contributed by atoms with Gasteiger partial charge in [0, 0.05) is 22.9 Å². The molecule has 0 aliphatic carbocycles. The number of benzene rings is 2. The van der Waals surface area contributed by atoms with E-state index < -0.39 is 5.97 Å². The van der Waals surface area contributed by atoms with E-state index in [-0.39, 0.29) is 16.9 Å². The summed E-state index contributed by atoms with van der Waals surface area (Å²) in [6.45, 7) is 0. The third-order valence-corrected chi connectivity index (χ3v) is 5.16. The lowest BCUT2D eigenvalue weighted by atomic mass is 10.0. The number of fused-ring (bicyclic) bond motifs is 1. The van der Waals surface area contributed by atoms with Gasteiger partial charge in [-0.15, -0.1) is 0 Å².